The highest BCUT2D eigenvalue weighted by Gasteiger charge is 2.49. The molecular weight excluding hydrogens is 538 g/mol. The molecule has 1 aromatic heterocycles. The first-order valence-electron chi connectivity index (χ1n) is 14.4. The average Bonchev–Trinajstić information content (AvgIpc) is 3.20. The summed E-state index contributed by atoms with van der Waals surface area (Å²) in [5.41, 5.74) is 2.22. The highest BCUT2D eigenvalue weighted by Crippen LogP contribution is 2.38. The van der Waals surface area contributed by atoms with Crippen molar-refractivity contribution in [3.05, 3.63) is 58.5 Å². The van der Waals surface area contributed by atoms with Gasteiger partial charge in [0.2, 0.25) is 5.91 Å². The minimum absolute atomic E-state index is 0.0328. The number of fused-ring (bicyclic) bond motifs is 3. The summed E-state index contributed by atoms with van der Waals surface area (Å²) in [6, 6.07) is 12.2. The Labute approximate surface area is 244 Å². The molecule has 42 heavy (non-hydrogen) atoms. The van der Waals surface area contributed by atoms with Gasteiger partial charge in [0.25, 0.3) is 5.91 Å². The van der Waals surface area contributed by atoms with Crippen molar-refractivity contribution in [2.75, 3.05) is 25.1 Å². The summed E-state index contributed by atoms with van der Waals surface area (Å²) in [6.45, 7) is 6.98. The molecule has 222 valence electrons. The molecule has 5 heterocycles. The molecular formula is C31H37N5O6. The van der Waals surface area contributed by atoms with E-state index in [-0.39, 0.29) is 55.1 Å². The molecule has 3 amide bonds. The summed E-state index contributed by atoms with van der Waals surface area (Å²) in [4.78, 5) is 58.4. The predicted octanol–water partition coefficient (Wildman–Crippen LogP) is 3.44. The SMILES string of the molecule is COc1ccc(CN2C(=O)CCC(n3c(=O)n(C)c4c(N5CC6CC(C5)N6C(=O)OC(C)(C)C)cccc43)C2=O)cc1. The van der Waals surface area contributed by atoms with Crippen molar-refractivity contribution in [2.24, 2.45) is 7.05 Å². The van der Waals surface area contributed by atoms with E-state index >= 15 is 0 Å². The summed E-state index contributed by atoms with van der Waals surface area (Å²) >= 11 is 0. The monoisotopic (exact) mass is 575 g/mol. The molecule has 0 saturated carbocycles. The number of benzene rings is 2. The van der Waals surface area contributed by atoms with E-state index in [1.807, 2.05) is 56.0 Å². The van der Waals surface area contributed by atoms with Crippen LogP contribution in [0.4, 0.5) is 10.5 Å². The van der Waals surface area contributed by atoms with E-state index in [1.165, 1.54) is 4.90 Å². The maximum absolute atomic E-state index is 13.8. The predicted molar refractivity (Wildman–Crippen MR) is 156 cm³/mol. The summed E-state index contributed by atoms with van der Waals surface area (Å²) in [7, 11) is 3.30. The van der Waals surface area contributed by atoms with Crippen LogP contribution in [-0.4, -0.2) is 74.7 Å². The number of para-hydroxylation sites is 1. The highest BCUT2D eigenvalue weighted by atomic mass is 16.6. The lowest BCUT2D eigenvalue weighted by atomic mass is 9.87. The molecule has 2 aromatic carbocycles. The third-order valence-electron chi connectivity index (χ3n) is 8.51. The quantitative estimate of drug-likeness (QED) is 0.429. The second kappa shape index (κ2) is 10.2. The smallest absolute Gasteiger partial charge is 0.410 e. The van der Waals surface area contributed by atoms with Crippen molar-refractivity contribution in [3.8, 4) is 5.75 Å². The standard InChI is InChI=1S/C31H37N5O6/c1-31(2,3)42-30(40)35-20-15-21(35)18-33(17-20)23-7-6-8-24-27(23)32(4)29(39)36(24)25-13-14-26(37)34(28(25)38)16-19-9-11-22(41-5)12-10-19/h6-12,20-21,25H,13-18H2,1-5H3. The first-order chi connectivity index (χ1) is 20.0. The molecule has 2 bridgehead atoms. The number of anilines is 1. The number of imide groups is 1. The number of aryl methyl sites for hydroxylation is 1. The zero-order valence-electron chi connectivity index (χ0n) is 24.7. The third-order valence-corrected chi connectivity index (χ3v) is 8.51. The van der Waals surface area contributed by atoms with Gasteiger partial charge in [-0.15, -0.1) is 0 Å². The van der Waals surface area contributed by atoms with Crippen LogP contribution >= 0.6 is 0 Å². The molecule has 7 rings (SSSR count). The summed E-state index contributed by atoms with van der Waals surface area (Å²) < 4.78 is 14.0. The molecule has 0 N–H and O–H groups in total. The van der Waals surface area contributed by atoms with Gasteiger partial charge in [-0.1, -0.05) is 18.2 Å². The minimum Gasteiger partial charge on any atom is -0.497 e. The Morgan fingerprint density at radius 3 is 2.33 bits per heavy atom. The lowest BCUT2D eigenvalue weighted by Crippen LogP contribution is -2.70. The van der Waals surface area contributed by atoms with Crippen LogP contribution in [0.3, 0.4) is 0 Å². The number of aromatic nitrogens is 2. The van der Waals surface area contributed by atoms with Crippen molar-refractivity contribution < 1.29 is 23.9 Å². The maximum Gasteiger partial charge on any atom is 0.410 e. The van der Waals surface area contributed by atoms with Gasteiger partial charge in [0.05, 0.1) is 42.5 Å². The normalized spacial score (nSPS) is 22.4. The fourth-order valence-corrected chi connectivity index (χ4v) is 6.53. The van der Waals surface area contributed by atoms with Crippen LogP contribution in [0.2, 0.25) is 0 Å². The minimum atomic E-state index is -0.787. The van der Waals surface area contributed by atoms with Crippen LogP contribution in [0.15, 0.2) is 47.3 Å². The molecule has 4 aliphatic rings. The van der Waals surface area contributed by atoms with Gasteiger partial charge in [-0.2, -0.15) is 0 Å². The number of amides is 3. The number of rotatable bonds is 5. The Bertz CT molecular complexity index is 1610. The largest absolute Gasteiger partial charge is 0.497 e. The third kappa shape index (κ3) is 4.70. The number of piperidine rings is 2. The topological polar surface area (TPSA) is 106 Å². The van der Waals surface area contributed by atoms with Gasteiger partial charge < -0.3 is 14.4 Å². The highest BCUT2D eigenvalue weighted by molar-refractivity contribution is 6.00. The molecule has 3 atom stereocenters. The molecule has 3 unspecified atom stereocenters. The molecule has 0 aliphatic carbocycles. The van der Waals surface area contributed by atoms with Crippen molar-refractivity contribution in [3.63, 3.8) is 0 Å². The molecule has 11 heteroatoms. The lowest BCUT2D eigenvalue weighted by molar-refractivity contribution is -0.151. The van der Waals surface area contributed by atoms with Crippen molar-refractivity contribution in [1.82, 2.24) is 18.9 Å². The molecule has 3 aromatic rings. The number of likely N-dealkylation sites (tertiary alicyclic amines) is 1. The van der Waals surface area contributed by atoms with Gasteiger partial charge in [-0.3, -0.25) is 28.5 Å². The van der Waals surface area contributed by atoms with E-state index in [1.54, 1.807) is 35.4 Å². The van der Waals surface area contributed by atoms with E-state index in [4.69, 9.17) is 9.47 Å². The second-order valence-corrected chi connectivity index (χ2v) is 12.4. The number of hydrogen-bond acceptors (Lipinski definition) is 7. The summed E-state index contributed by atoms with van der Waals surface area (Å²) in [5.74, 6) is 0.0620. The van der Waals surface area contributed by atoms with E-state index in [2.05, 4.69) is 4.90 Å². The molecule has 0 radical (unpaired) electrons. The lowest BCUT2D eigenvalue weighted by Gasteiger charge is -2.56. The van der Waals surface area contributed by atoms with Gasteiger partial charge in [0.15, 0.2) is 0 Å². The number of hydrogen-bond donors (Lipinski definition) is 0. The first-order valence-corrected chi connectivity index (χ1v) is 14.4. The van der Waals surface area contributed by atoms with Crippen LogP contribution in [-0.2, 0) is 27.9 Å². The number of imidazole rings is 1. The van der Waals surface area contributed by atoms with Crippen molar-refractivity contribution in [1.29, 1.82) is 0 Å². The van der Waals surface area contributed by atoms with Crippen LogP contribution < -0.4 is 15.3 Å². The van der Waals surface area contributed by atoms with Crippen LogP contribution in [0.25, 0.3) is 11.0 Å². The van der Waals surface area contributed by atoms with Gasteiger partial charge in [0, 0.05) is 26.6 Å². The summed E-state index contributed by atoms with van der Waals surface area (Å²) in [5, 5.41) is 0. The number of methoxy groups -OCH3 is 1. The van der Waals surface area contributed by atoms with Crippen LogP contribution in [0.5, 0.6) is 5.75 Å². The van der Waals surface area contributed by atoms with E-state index in [9.17, 15) is 19.2 Å². The van der Waals surface area contributed by atoms with E-state index in [0.29, 0.717) is 24.4 Å². The second-order valence-electron chi connectivity index (χ2n) is 12.4. The Hall–Kier alpha value is -4.28. The Kier molecular flexibility index (Phi) is 6.78. The average molecular weight is 576 g/mol. The maximum atomic E-state index is 13.8. The Morgan fingerprint density at radius 1 is 1.00 bits per heavy atom. The van der Waals surface area contributed by atoms with Crippen molar-refractivity contribution >= 4 is 34.6 Å². The Morgan fingerprint density at radius 2 is 1.69 bits per heavy atom. The molecule has 4 aliphatic heterocycles. The first kappa shape index (κ1) is 27.9. The van der Waals surface area contributed by atoms with E-state index in [0.717, 1.165) is 23.2 Å². The van der Waals surface area contributed by atoms with Gasteiger partial charge in [-0.05, 0) is 63.4 Å². The van der Waals surface area contributed by atoms with Gasteiger partial charge in [-0.25, -0.2) is 9.59 Å². The fourth-order valence-electron chi connectivity index (χ4n) is 6.53. The summed E-state index contributed by atoms with van der Waals surface area (Å²) in [6.07, 6.45) is 1.06. The number of carbonyl (C=O) groups excluding carboxylic acids is 3. The molecule has 0 spiro atoms. The van der Waals surface area contributed by atoms with Crippen LogP contribution in [0.1, 0.15) is 51.6 Å². The Balaban J connectivity index is 1.28. The zero-order chi connectivity index (χ0) is 29.9. The zero-order valence-corrected chi connectivity index (χ0v) is 24.7. The van der Waals surface area contributed by atoms with Gasteiger partial charge >= 0.3 is 11.8 Å². The van der Waals surface area contributed by atoms with E-state index < -0.39 is 11.6 Å². The fraction of sp³-hybridized carbons (Fsp3) is 0.484. The number of nitrogens with zero attached hydrogens (tertiary/aromatic N) is 5. The number of ether oxygens (including phenoxy) is 2. The number of piperazine rings is 1. The molecule has 11 nitrogen and oxygen atoms in total. The molecule has 4 fully saturated rings. The van der Waals surface area contributed by atoms with Crippen LogP contribution in [0, 0.1) is 0 Å². The number of carbonyl (C=O) groups is 3. The molecule has 4 saturated heterocycles. The van der Waals surface area contributed by atoms with Crippen molar-refractivity contribution in [2.45, 2.75) is 70.3 Å². The van der Waals surface area contributed by atoms with Gasteiger partial charge in [0.1, 0.15) is 17.4 Å².